The van der Waals surface area contributed by atoms with E-state index in [1.54, 1.807) is 7.11 Å². The Morgan fingerprint density at radius 1 is 1.38 bits per heavy atom. The van der Waals surface area contributed by atoms with Crippen molar-refractivity contribution in [2.24, 2.45) is 0 Å². The van der Waals surface area contributed by atoms with Crippen LogP contribution in [0.25, 0.3) is 0 Å². The smallest absolute Gasteiger partial charge is 0.265 e. The third-order valence-electron chi connectivity index (χ3n) is 3.54. The fraction of sp³-hybridized carbons (Fsp3) is 0.714. The summed E-state index contributed by atoms with van der Waals surface area (Å²) in [5, 5.41) is 3.78. The van der Waals surface area contributed by atoms with Crippen molar-refractivity contribution in [1.82, 2.24) is 10.3 Å². The maximum Gasteiger partial charge on any atom is 0.265 e. The molecule has 1 saturated heterocycles. The Labute approximate surface area is 129 Å². The summed E-state index contributed by atoms with van der Waals surface area (Å²) in [6, 6.07) is 0. The number of aromatic nitrogens is 1. The van der Waals surface area contributed by atoms with Crippen molar-refractivity contribution in [3.63, 3.8) is 0 Å². The van der Waals surface area contributed by atoms with Crippen LogP contribution in [0, 0.1) is 0 Å². The quantitative estimate of drug-likeness (QED) is 0.716. The summed E-state index contributed by atoms with van der Waals surface area (Å²) in [6.45, 7) is 3.45. The number of nitrogen functional groups attached to an aromatic ring is 1. The lowest BCUT2D eigenvalue weighted by atomic mass is 10.2. The summed E-state index contributed by atoms with van der Waals surface area (Å²) in [7, 11) is 1.70. The highest BCUT2D eigenvalue weighted by molar-refractivity contribution is 7.18. The van der Waals surface area contributed by atoms with Crippen LogP contribution in [-0.4, -0.2) is 44.2 Å². The van der Waals surface area contributed by atoms with Crippen LogP contribution in [-0.2, 0) is 4.74 Å². The second-order valence-electron chi connectivity index (χ2n) is 5.21. The molecule has 21 heavy (non-hydrogen) atoms. The molecule has 1 aromatic heterocycles. The predicted molar refractivity (Wildman–Crippen MR) is 86.0 cm³/mol. The molecule has 118 valence electrons. The number of hydrogen-bond donors (Lipinski definition) is 2. The molecule has 0 aliphatic carbocycles. The number of methoxy groups -OCH3 is 1. The molecule has 0 spiro atoms. The first kappa shape index (κ1) is 16.0. The molecule has 0 aromatic carbocycles. The molecule has 3 N–H and O–H groups in total. The highest BCUT2D eigenvalue weighted by atomic mass is 32.1. The third kappa shape index (κ3) is 4.57. The first-order valence-corrected chi connectivity index (χ1v) is 8.32. The van der Waals surface area contributed by atoms with Crippen molar-refractivity contribution in [3.05, 3.63) is 4.88 Å². The lowest BCUT2D eigenvalue weighted by Gasteiger charge is -2.11. The SMILES string of the molecule is COCCCCCNC(=O)c1sc(N2CCCC2)nc1N. The number of nitrogens with two attached hydrogens (primary N) is 1. The fourth-order valence-electron chi connectivity index (χ4n) is 2.36. The summed E-state index contributed by atoms with van der Waals surface area (Å²) < 4.78 is 4.99. The average molecular weight is 312 g/mol. The van der Waals surface area contributed by atoms with E-state index in [4.69, 9.17) is 10.5 Å². The molecule has 2 rings (SSSR count). The predicted octanol–water partition coefficient (Wildman–Crippen LogP) is 1.87. The second-order valence-corrected chi connectivity index (χ2v) is 6.19. The molecule has 0 saturated carbocycles. The van der Waals surface area contributed by atoms with Gasteiger partial charge in [-0.25, -0.2) is 4.98 Å². The first-order chi connectivity index (χ1) is 10.2. The molecule has 1 aliphatic heterocycles. The van der Waals surface area contributed by atoms with Crippen LogP contribution in [0.1, 0.15) is 41.8 Å². The first-order valence-electron chi connectivity index (χ1n) is 7.50. The minimum atomic E-state index is -0.109. The van der Waals surface area contributed by atoms with Crippen LogP contribution in [0.15, 0.2) is 0 Å². The largest absolute Gasteiger partial charge is 0.385 e. The molecule has 1 aliphatic rings. The third-order valence-corrected chi connectivity index (χ3v) is 4.67. The van der Waals surface area contributed by atoms with Gasteiger partial charge in [0.15, 0.2) is 5.13 Å². The van der Waals surface area contributed by atoms with Crippen LogP contribution in [0.2, 0.25) is 0 Å². The summed E-state index contributed by atoms with van der Waals surface area (Å²) >= 11 is 1.39. The minimum Gasteiger partial charge on any atom is -0.385 e. The van der Waals surface area contributed by atoms with Gasteiger partial charge in [0, 0.05) is 33.4 Å². The molecule has 1 aromatic rings. The van der Waals surface area contributed by atoms with Gasteiger partial charge in [-0.15, -0.1) is 0 Å². The Hall–Kier alpha value is -1.34. The number of hydrogen-bond acceptors (Lipinski definition) is 6. The van der Waals surface area contributed by atoms with Crippen LogP contribution >= 0.6 is 11.3 Å². The Morgan fingerprint density at radius 2 is 2.14 bits per heavy atom. The van der Waals surface area contributed by atoms with Crippen LogP contribution in [0.3, 0.4) is 0 Å². The summed E-state index contributed by atoms with van der Waals surface area (Å²) in [6.07, 6.45) is 5.39. The summed E-state index contributed by atoms with van der Waals surface area (Å²) in [5.74, 6) is 0.237. The van der Waals surface area contributed by atoms with Crippen LogP contribution in [0.4, 0.5) is 10.9 Å². The van der Waals surface area contributed by atoms with E-state index in [-0.39, 0.29) is 5.91 Å². The van der Waals surface area contributed by atoms with Crippen molar-refractivity contribution < 1.29 is 9.53 Å². The number of nitrogens with one attached hydrogen (secondary N) is 1. The molecule has 2 heterocycles. The summed E-state index contributed by atoms with van der Waals surface area (Å²) in [4.78, 5) is 19.2. The van der Waals surface area contributed by atoms with Gasteiger partial charge in [0.1, 0.15) is 10.7 Å². The molecular formula is C14H24N4O2S. The topological polar surface area (TPSA) is 80.5 Å². The van der Waals surface area contributed by atoms with E-state index in [1.165, 1.54) is 24.2 Å². The molecule has 0 radical (unpaired) electrons. The number of anilines is 2. The van der Waals surface area contributed by atoms with Gasteiger partial charge in [-0.1, -0.05) is 11.3 Å². The standard InChI is InChI=1S/C14H24N4O2S/c1-20-10-6-2-3-7-16-13(19)11-12(15)17-14(21-11)18-8-4-5-9-18/h2-10,15H2,1H3,(H,16,19). The molecule has 6 nitrogen and oxygen atoms in total. The molecule has 1 fully saturated rings. The maximum atomic E-state index is 12.1. The monoisotopic (exact) mass is 312 g/mol. The van der Waals surface area contributed by atoms with Crippen molar-refractivity contribution in [2.45, 2.75) is 32.1 Å². The maximum absolute atomic E-state index is 12.1. The average Bonchev–Trinajstić information content (AvgIpc) is 3.11. The Bertz CT molecular complexity index is 458. The Kier molecular flexibility index (Phi) is 6.25. The zero-order chi connectivity index (χ0) is 15.1. The van der Waals surface area contributed by atoms with E-state index in [2.05, 4.69) is 15.2 Å². The number of ether oxygens (including phenoxy) is 1. The molecular weight excluding hydrogens is 288 g/mol. The van der Waals surface area contributed by atoms with E-state index >= 15 is 0 Å². The van der Waals surface area contributed by atoms with Crippen molar-refractivity contribution in [3.8, 4) is 0 Å². The number of nitrogens with zero attached hydrogens (tertiary/aromatic N) is 2. The van der Waals surface area contributed by atoms with Crippen molar-refractivity contribution in [2.75, 3.05) is 44.0 Å². The normalized spacial score (nSPS) is 14.6. The van der Waals surface area contributed by atoms with E-state index in [0.29, 0.717) is 17.2 Å². The molecule has 0 atom stereocenters. The number of amides is 1. The Morgan fingerprint density at radius 3 is 2.86 bits per heavy atom. The molecule has 0 bridgehead atoms. The molecule has 1 amide bonds. The fourth-order valence-corrected chi connectivity index (χ4v) is 3.31. The number of carbonyl (C=O) groups excluding carboxylic acids is 1. The van der Waals surface area contributed by atoms with Gasteiger partial charge >= 0.3 is 0 Å². The van der Waals surface area contributed by atoms with Gasteiger partial charge in [0.25, 0.3) is 5.91 Å². The number of unbranched alkanes of at least 4 members (excludes halogenated alkanes) is 2. The number of carbonyl (C=O) groups is 1. The van der Waals surface area contributed by atoms with Crippen LogP contribution < -0.4 is 16.0 Å². The van der Waals surface area contributed by atoms with E-state index in [9.17, 15) is 4.79 Å². The van der Waals surface area contributed by atoms with Gasteiger partial charge in [-0.2, -0.15) is 0 Å². The van der Waals surface area contributed by atoms with Gasteiger partial charge in [-0.3, -0.25) is 4.79 Å². The summed E-state index contributed by atoms with van der Waals surface area (Å²) in [5.41, 5.74) is 5.88. The highest BCUT2D eigenvalue weighted by Crippen LogP contribution is 2.30. The number of thiazole rings is 1. The van der Waals surface area contributed by atoms with Crippen molar-refractivity contribution >= 4 is 28.2 Å². The lowest BCUT2D eigenvalue weighted by Crippen LogP contribution is -2.24. The van der Waals surface area contributed by atoms with Crippen molar-refractivity contribution in [1.29, 1.82) is 0 Å². The van der Waals surface area contributed by atoms with Crippen LogP contribution in [0.5, 0.6) is 0 Å². The lowest BCUT2D eigenvalue weighted by molar-refractivity contribution is 0.0957. The molecule has 0 unspecified atom stereocenters. The van der Waals surface area contributed by atoms with Gasteiger partial charge in [0.05, 0.1) is 0 Å². The second kappa shape index (κ2) is 8.19. The van der Waals surface area contributed by atoms with E-state index in [0.717, 1.165) is 44.1 Å². The number of rotatable bonds is 8. The zero-order valence-electron chi connectivity index (χ0n) is 12.6. The van der Waals surface area contributed by atoms with Gasteiger partial charge < -0.3 is 20.7 Å². The van der Waals surface area contributed by atoms with E-state index < -0.39 is 0 Å². The van der Waals surface area contributed by atoms with E-state index in [1.807, 2.05) is 0 Å². The minimum absolute atomic E-state index is 0.109. The Balaban J connectivity index is 1.79. The highest BCUT2D eigenvalue weighted by Gasteiger charge is 2.21. The zero-order valence-corrected chi connectivity index (χ0v) is 13.4. The molecule has 7 heteroatoms. The van der Waals surface area contributed by atoms with Gasteiger partial charge in [0.2, 0.25) is 0 Å². The van der Waals surface area contributed by atoms with Gasteiger partial charge in [-0.05, 0) is 32.1 Å².